The van der Waals surface area contributed by atoms with Gasteiger partial charge < -0.3 is 20.1 Å². The van der Waals surface area contributed by atoms with Gasteiger partial charge in [-0.05, 0) is 25.3 Å². The van der Waals surface area contributed by atoms with Gasteiger partial charge in [0.2, 0.25) is 0 Å². The number of aryl methyl sites for hydroxylation is 1. The molecule has 0 aliphatic heterocycles. The first-order chi connectivity index (χ1) is 12.0. The van der Waals surface area contributed by atoms with Gasteiger partial charge in [0.1, 0.15) is 11.5 Å². The number of halogens is 1. The lowest BCUT2D eigenvalue weighted by molar-refractivity contribution is 0.247. The predicted octanol–water partition coefficient (Wildman–Crippen LogP) is 4.48. The Hall–Kier alpha value is -2.40. The van der Waals surface area contributed by atoms with Crippen molar-refractivity contribution in [2.45, 2.75) is 25.3 Å². The van der Waals surface area contributed by atoms with Crippen molar-refractivity contribution in [2.75, 3.05) is 19.5 Å². The molecule has 5 nitrogen and oxygen atoms in total. The second-order valence-corrected chi connectivity index (χ2v) is 6.62. The summed E-state index contributed by atoms with van der Waals surface area (Å²) in [5.74, 6) is 0.943. The van der Waals surface area contributed by atoms with Crippen LogP contribution in [0.3, 0.4) is 0 Å². The highest BCUT2D eigenvalue weighted by atomic mass is 35.5. The highest BCUT2D eigenvalue weighted by molar-refractivity contribution is 6.32. The molecule has 2 N–H and O–H groups in total. The molecule has 0 bridgehead atoms. The fourth-order valence-corrected chi connectivity index (χ4v) is 3.04. The maximum absolute atomic E-state index is 12.5. The van der Waals surface area contributed by atoms with Crippen LogP contribution in [0.1, 0.15) is 24.0 Å². The largest absolute Gasteiger partial charge is 0.495 e. The number of amides is 2. The number of urea groups is 1. The Morgan fingerprint density at radius 1 is 1.08 bits per heavy atom. The van der Waals surface area contributed by atoms with Gasteiger partial charge in [-0.25, -0.2) is 4.79 Å². The van der Waals surface area contributed by atoms with Crippen LogP contribution in [0.15, 0.2) is 36.4 Å². The molecule has 25 heavy (non-hydrogen) atoms. The smallest absolute Gasteiger partial charge is 0.320 e. The van der Waals surface area contributed by atoms with Crippen molar-refractivity contribution in [2.24, 2.45) is 0 Å². The summed E-state index contributed by atoms with van der Waals surface area (Å²) in [5.41, 5.74) is 2.53. The SMILES string of the molecule is COc1cc(NC(=O)NC2(c3ccc(C)cc3)CC2)c(OC)cc1Cl. The highest BCUT2D eigenvalue weighted by Crippen LogP contribution is 2.45. The molecule has 0 saturated heterocycles. The van der Waals surface area contributed by atoms with E-state index in [0.717, 1.165) is 18.4 Å². The van der Waals surface area contributed by atoms with Crippen LogP contribution in [0.2, 0.25) is 5.02 Å². The minimum Gasteiger partial charge on any atom is -0.495 e. The number of nitrogens with one attached hydrogen (secondary N) is 2. The van der Waals surface area contributed by atoms with E-state index in [9.17, 15) is 4.79 Å². The van der Waals surface area contributed by atoms with Gasteiger partial charge in [0, 0.05) is 12.1 Å². The van der Waals surface area contributed by atoms with E-state index in [4.69, 9.17) is 21.1 Å². The second kappa shape index (κ2) is 6.84. The first kappa shape index (κ1) is 17.4. The number of anilines is 1. The van der Waals surface area contributed by atoms with Gasteiger partial charge in [0.15, 0.2) is 0 Å². The van der Waals surface area contributed by atoms with E-state index < -0.39 is 0 Å². The highest BCUT2D eigenvalue weighted by Gasteiger charge is 2.45. The molecule has 6 heteroatoms. The third kappa shape index (κ3) is 3.66. The van der Waals surface area contributed by atoms with Crippen molar-refractivity contribution in [1.29, 1.82) is 0 Å². The lowest BCUT2D eigenvalue weighted by atomic mass is 10.0. The van der Waals surface area contributed by atoms with Crippen molar-refractivity contribution < 1.29 is 14.3 Å². The molecule has 0 unspecified atom stereocenters. The van der Waals surface area contributed by atoms with Crippen LogP contribution in [-0.4, -0.2) is 20.3 Å². The molecule has 1 aliphatic carbocycles. The van der Waals surface area contributed by atoms with E-state index in [2.05, 4.69) is 34.9 Å². The Kier molecular flexibility index (Phi) is 4.77. The summed E-state index contributed by atoms with van der Waals surface area (Å²) in [5, 5.41) is 6.32. The van der Waals surface area contributed by atoms with Crippen molar-refractivity contribution in [3.63, 3.8) is 0 Å². The van der Waals surface area contributed by atoms with E-state index in [1.807, 2.05) is 6.92 Å². The number of hydrogen-bond acceptors (Lipinski definition) is 3. The van der Waals surface area contributed by atoms with Crippen LogP contribution in [0.5, 0.6) is 11.5 Å². The zero-order chi connectivity index (χ0) is 18.0. The van der Waals surface area contributed by atoms with E-state index in [1.54, 1.807) is 12.1 Å². The number of methoxy groups -OCH3 is 2. The van der Waals surface area contributed by atoms with Crippen LogP contribution in [-0.2, 0) is 5.54 Å². The summed E-state index contributed by atoms with van der Waals surface area (Å²) in [7, 11) is 3.05. The zero-order valence-electron chi connectivity index (χ0n) is 14.5. The number of rotatable bonds is 5. The second-order valence-electron chi connectivity index (χ2n) is 6.21. The van der Waals surface area contributed by atoms with Crippen LogP contribution in [0.25, 0.3) is 0 Å². The minimum atomic E-state index is -0.291. The summed E-state index contributed by atoms with van der Waals surface area (Å²) < 4.78 is 10.5. The summed E-state index contributed by atoms with van der Waals surface area (Å²) >= 11 is 6.09. The number of ether oxygens (including phenoxy) is 2. The molecule has 2 aromatic rings. The van der Waals surface area contributed by atoms with E-state index >= 15 is 0 Å². The standard InChI is InChI=1S/C19H21ClN2O3/c1-12-4-6-13(7-5-12)19(8-9-19)22-18(23)21-15-11-16(24-2)14(20)10-17(15)25-3/h4-7,10-11H,8-9H2,1-3H3,(H2,21,22,23). The normalized spacial score (nSPS) is 14.6. The lowest BCUT2D eigenvalue weighted by Crippen LogP contribution is -2.38. The summed E-state index contributed by atoms with van der Waals surface area (Å²) in [6, 6.07) is 11.2. The quantitative estimate of drug-likeness (QED) is 0.826. The molecular weight excluding hydrogens is 340 g/mol. The Labute approximate surface area is 152 Å². The Bertz CT molecular complexity index is 786. The zero-order valence-corrected chi connectivity index (χ0v) is 15.2. The third-order valence-electron chi connectivity index (χ3n) is 4.43. The average Bonchev–Trinajstić information content (AvgIpc) is 3.37. The molecule has 1 fully saturated rings. The van der Waals surface area contributed by atoms with E-state index in [0.29, 0.717) is 22.2 Å². The fraction of sp³-hybridized carbons (Fsp3) is 0.316. The van der Waals surface area contributed by atoms with Crippen molar-refractivity contribution >= 4 is 23.3 Å². The minimum absolute atomic E-state index is 0.290. The molecule has 0 aromatic heterocycles. The topological polar surface area (TPSA) is 59.6 Å². The predicted molar refractivity (Wildman–Crippen MR) is 98.8 cm³/mol. The van der Waals surface area contributed by atoms with Crippen LogP contribution >= 0.6 is 11.6 Å². The summed E-state index contributed by atoms with van der Waals surface area (Å²) in [6.45, 7) is 2.05. The maximum atomic E-state index is 12.5. The van der Waals surface area contributed by atoms with Gasteiger partial charge in [0.05, 0.1) is 30.5 Å². The third-order valence-corrected chi connectivity index (χ3v) is 4.72. The number of carbonyl (C=O) groups is 1. The lowest BCUT2D eigenvalue weighted by Gasteiger charge is -2.20. The molecule has 0 spiro atoms. The van der Waals surface area contributed by atoms with Crippen molar-refractivity contribution in [3.8, 4) is 11.5 Å². The van der Waals surface area contributed by atoms with Crippen molar-refractivity contribution in [1.82, 2.24) is 5.32 Å². The average molecular weight is 361 g/mol. The van der Waals surface area contributed by atoms with Crippen molar-refractivity contribution in [3.05, 3.63) is 52.5 Å². The molecule has 0 radical (unpaired) electrons. The molecule has 2 amide bonds. The van der Waals surface area contributed by atoms with Crippen LogP contribution < -0.4 is 20.1 Å². The monoisotopic (exact) mass is 360 g/mol. The number of carbonyl (C=O) groups excluding carboxylic acids is 1. The Morgan fingerprint density at radius 3 is 2.28 bits per heavy atom. The molecule has 1 aliphatic rings. The molecular formula is C19H21ClN2O3. The van der Waals surface area contributed by atoms with Gasteiger partial charge in [-0.3, -0.25) is 0 Å². The van der Waals surface area contributed by atoms with Gasteiger partial charge in [-0.15, -0.1) is 0 Å². The fourth-order valence-electron chi connectivity index (χ4n) is 2.81. The molecule has 0 atom stereocenters. The summed E-state index contributed by atoms with van der Waals surface area (Å²) in [6.07, 6.45) is 1.84. The molecule has 132 valence electrons. The summed E-state index contributed by atoms with van der Waals surface area (Å²) in [4.78, 5) is 12.5. The maximum Gasteiger partial charge on any atom is 0.320 e. The van der Waals surface area contributed by atoms with Gasteiger partial charge in [-0.2, -0.15) is 0 Å². The Balaban J connectivity index is 1.76. The van der Waals surface area contributed by atoms with E-state index in [1.165, 1.54) is 19.8 Å². The van der Waals surface area contributed by atoms with Gasteiger partial charge in [-0.1, -0.05) is 41.4 Å². The Morgan fingerprint density at radius 2 is 1.72 bits per heavy atom. The van der Waals surface area contributed by atoms with Crippen LogP contribution in [0.4, 0.5) is 10.5 Å². The van der Waals surface area contributed by atoms with Gasteiger partial charge in [0.25, 0.3) is 0 Å². The number of hydrogen-bond donors (Lipinski definition) is 2. The van der Waals surface area contributed by atoms with Crippen LogP contribution in [0, 0.1) is 6.92 Å². The molecule has 3 rings (SSSR count). The molecule has 1 saturated carbocycles. The molecule has 2 aromatic carbocycles. The number of benzene rings is 2. The van der Waals surface area contributed by atoms with Gasteiger partial charge >= 0.3 is 6.03 Å². The van der Waals surface area contributed by atoms with E-state index in [-0.39, 0.29) is 11.6 Å². The first-order valence-electron chi connectivity index (χ1n) is 8.05. The molecule has 0 heterocycles. The first-order valence-corrected chi connectivity index (χ1v) is 8.43.